The standard InChI is InChI=1S/C29H36N6O/c1-4-27(28-31-32-33-35(28)18-22-11-7-5-8-12-22)34(25-13-9-6-10-14-25)19-24-17-23-15-20(2)21(3)16-26(23)30-29(24)36/h5,7-8,11-12,15-17,25,27H,4,6,9-10,13-14,18-19H2,1-3H3,(H,30,36). The van der Waals surface area contributed by atoms with Gasteiger partial charge in [-0.15, -0.1) is 5.10 Å². The first kappa shape index (κ1) is 24.4. The molecule has 1 unspecified atom stereocenters. The second-order valence-electron chi connectivity index (χ2n) is 10.2. The topological polar surface area (TPSA) is 79.7 Å². The Kier molecular flexibility index (Phi) is 7.28. The highest BCUT2D eigenvalue weighted by molar-refractivity contribution is 5.80. The van der Waals surface area contributed by atoms with Gasteiger partial charge >= 0.3 is 0 Å². The number of benzene rings is 2. The number of nitrogens with zero attached hydrogens (tertiary/aromatic N) is 5. The fourth-order valence-electron chi connectivity index (χ4n) is 5.63. The maximum atomic E-state index is 13.2. The number of rotatable bonds is 8. The smallest absolute Gasteiger partial charge is 0.252 e. The van der Waals surface area contributed by atoms with Crippen LogP contribution in [0.2, 0.25) is 0 Å². The Bertz CT molecular complexity index is 1370. The number of tetrazole rings is 1. The molecule has 1 fully saturated rings. The Labute approximate surface area is 212 Å². The molecule has 1 atom stereocenters. The van der Waals surface area contributed by atoms with Gasteiger partial charge in [0, 0.05) is 23.7 Å². The fraction of sp³-hybridized carbons (Fsp3) is 0.448. The molecule has 7 heteroatoms. The van der Waals surface area contributed by atoms with Crippen LogP contribution in [-0.4, -0.2) is 36.1 Å². The average Bonchev–Trinajstić information content (AvgIpc) is 3.34. The number of fused-ring (bicyclic) bond motifs is 1. The highest BCUT2D eigenvalue weighted by Crippen LogP contribution is 2.33. The Morgan fingerprint density at radius 3 is 2.56 bits per heavy atom. The molecule has 1 saturated carbocycles. The lowest BCUT2D eigenvalue weighted by molar-refractivity contribution is 0.0844. The second kappa shape index (κ2) is 10.7. The number of H-pyrrole nitrogens is 1. The number of aromatic amines is 1. The van der Waals surface area contributed by atoms with E-state index in [1.54, 1.807) is 0 Å². The van der Waals surface area contributed by atoms with Gasteiger partial charge in [0.05, 0.1) is 12.6 Å². The number of hydrogen-bond donors (Lipinski definition) is 1. The minimum Gasteiger partial charge on any atom is -0.322 e. The largest absolute Gasteiger partial charge is 0.322 e. The molecule has 0 saturated heterocycles. The van der Waals surface area contributed by atoms with Crippen molar-refractivity contribution in [1.82, 2.24) is 30.1 Å². The molecule has 0 spiro atoms. The minimum absolute atomic E-state index is 0.00899. The molecule has 7 nitrogen and oxygen atoms in total. The monoisotopic (exact) mass is 484 g/mol. The normalized spacial score (nSPS) is 15.6. The predicted octanol–water partition coefficient (Wildman–Crippen LogP) is 5.47. The van der Waals surface area contributed by atoms with Crippen molar-refractivity contribution in [1.29, 1.82) is 0 Å². The SMILES string of the molecule is CCC(c1nnnn1Cc1ccccc1)N(Cc1cc2cc(C)c(C)cc2[nH]c1=O)C1CCCCC1. The molecule has 0 aliphatic heterocycles. The maximum Gasteiger partial charge on any atom is 0.252 e. The Hall–Kier alpha value is -3.32. The van der Waals surface area contributed by atoms with Crippen molar-refractivity contribution in [2.45, 2.75) is 84.5 Å². The summed E-state index contributed by atoms with van der Waals surface area (Å²) in [6.07, 6.45) is 6.87. The summed E-state index contributed by atoms with van der Waals surface area (Å²) in [5, 5.41) is 14.0. The van der Waals surface area contributed by atoms with Gasteiger partial charge in [-0.2, -0.15) is 0 Å². The molecular formula is C29H36N6O. The van der Waals surface area contributed by atoms with Gasteiger partial charge in [0.25, 0.3) is 5.56 Å². The van der Waals surface area contributed by atoms with Crippen LogP contribution in [0, 0.1) is 13.8 Å². The van der Waals surface area contributed by atoms with Gasteiger partial charge < -0.3 is 4.98 Å². The number of hydrogen-bond acceptors (Lipinski definition) is 5. The van der Waals surface area contributed by atoms with Crippen LogP contribution in [0.25, 0.3) is 10.9 Å². The van der Waals surface area contributed by atoms with E-state index in [-0.39, 0.29) is 11.6 Å². The van der Waals surface area contributed by atoms with E-state index >= 15 is 0 Å². The van der Waals surface area contributed by atoms with E-state index in [4.69, 9.17) is 0 Å². The zero-order valence-electron chi connectivity index (χ0n) is 21.6. The van der Waals surface area contributed by atoms with Crippen molar-refractivity contribution in [3.8, 4) is 0 Å². The summed E-state index contributed by atoms with van der Waals surface area (Å²) >= 11 is 0. The summed E-state index contributed by atoms with van der Waals surface area (Å²) in [6, 6.07) is 17.1. The van der Waals surface area contributed by atoms with Gasteiger partial charge in [0.15, 0.2) is 5.82 Å². The van der Waals surface area contributed by atoms with Crippen molar-refractivity contribution in [2.75, 3.05) is 0 Å². The molecular weight excluding hydrogens is 448 g/mol. The van der Waals surface area contributed by atoms with Crippen LogP contribution in [0.3, 0.4) is 0 Å². The van der Waals surface area contributed by atoms with Crippen molar-refractivity contribution < 1.29 is 0 Å². The van der Waals surface area contributed by atoms with Gasteiger partial charge in [0.2, 0.25) is 0 Å². The first-order valence-corrected chi connectivity index (χ1v) is 13.2. The van der Waals surface area contributed by atoms with Crippen LogP contribution in [0.5, 0.6) is 0 Å². The van der Waals surface area contributed by atoms with Gasteiger partial charge in [-0.25, -0.2) is 4.68 Å². The summed E-state index contributed by atoms with van der Waals surface area (Å²) in [7, 11) is 0. The molecule has 2 heterocycles. The summed E-state index contributed by atoms with van der Waals surface area (Å²) < 4.78 is 1.93. The third-order valence-corrected chi connectivity index (χ3v) is 7.75. The lowest BCUT2D eigenvalue weighted by Gasteiger charge is -2.39. The van der Waals surface area contributed by atoms with Crippen LogP contribution >= 0.6 is 0 Å². The van der Waals surface area contributed by atoms with Crippen molar-refractivity contribution >= 4 is 10.9 Å². The molecule has 36 heavy (non-hydrogen) atoms. The van der Waals surface area contributed by atoms with E-state index in [2.05, 4.69) is 76.5 Å². The summed E-state index contributed by atoms with van der Waals surface area (Å²) in [6.45, 7) is 7.61. The van der Waals surface area contributed by atoms with Crippen LogP contribution in [-0.2, 0) is 13.1 Å². The molecule has 4 aromatic rings. The lowest BCUT2D eigenvalue weighted by atomic mass is 9.92. The summed E-state index contributed by atoms with van der Waals surface area (Å²) in [5.41, 5.74) is 5.28. The molecule has 1 aliphatic carbocycles. The zero-order chi connectivity index (χ0) is 25.1. The molecule has 0 amide bonds. The van der Waals surface area contributed by atoms with Crippen LogP contribution in [0.4, 0.5) is 0 Å². The van der Waals surface area contributed by atoms with Crippen LogP contribution in [0.1, 0.15) is 79.6 Å². The van der Waals surface area contributed by atoms with E-state index in [1.165, 1.54) is 36.0 Å². The third-order valence-electron chi connectivity index (χ3n) is 7.75. The van der Waals surface area contributed by atoms with Crippen molar-refractivity contribution in [3.63, 3.8) is 0 Å². The quantitative estimate of drug-likeness (QED) is 0.359. The van der Waals surface area contributed by atoms with E-state index < -0.39 is 0 Å². The summed E-state index contributed by atoms with van der Waals surface area (Å²) in [5.74, 6) is 0.871. The number of aryl methyl sites for hydroxylation is 2. The molecule has 2 aromatic heterocycles. The second-order valence-corrected chi connectivity index (χ2v) is 10.2. The van der Waals surface area contributed by atoms with Crippen molar-refractivity contribution in [2.24, 2.45) is 0 Å². The molecule has 188 valence electrons. The zero-order valence-corrected chi connectivity index (χ0v) is 21.6. The molecule has 5 rings (SSSR count). The number of nitrogens with one attached hydrogen (secondary N) is 1. The predicted molar refractivity (Wildman–Crippen MR) is 143 cm³/mol. The van der Waals surface area contributed by atoms with Gasteiger partial charge in [-0.3, -0.25) is 9.69 Å². The van der Waals surface area contributed by atoms with Gasteiger partial charge in [-0.05, 0) is 83.8 Å². The number of pyridine rings is 1. The fourth-order valence-corrected chi connectivity index (χ4v) is 5.63. The van der Waals surface area contributed by atoms with E-state index in [0.29, 0.717) is 19.1 Å². The van der Waals surface area contributed by atoms with Gasteiger partial charge in [-0.1, -0.05) is 56.5 Å². The van der Waals surface area contributed by atoms with E-state index in [0.717, 1.165) is 41.6 Å². The third kappa shape index (κ3) is 5.12. The van der Waals surface area contributed by atoms with Crippen molar-refractivity contribution in [3.05, 3.63) is 87.0 Å². The Balaban J connectivity index is 1.51. The first-order valence-electron chi connectivity index (χ1n) is 13.2. The molecule has 0 bridgehead atoms. The highest BCUT2D eigenvalue weighted by atomic mass is 16.1. The van der Waals surface area contributed by atoms with Crippen LogP contribution < -0.4 is 5.56 Å². The highest BCUT2D eigenvalue weighted by Gasteiger charge is 2.32. The summed E-state index contributed by atoms with van der Waals surface area (Å²) in [4.78, 5) is 18.9. The number of aromatic nitrogens is 5. The van der Waals surface area contributed by atoms with Crippen LogP contribution in [0.15, 0.2) is 53.3 Å². The lowest BCUT2D eigenvalue weighted by Crippen LogP contribution is -2.41. The van der Waals surface area contributed by atoms with E-state index in [1.807, 2.05) is 22.9 Å². The van der Waals surface area contributed by atoms with Gasteiger partial charge in [0.1, 0.15) is 0 Å². The first-order chi connectivity index (χ1) is 17.5. The molecule has 1 N–H and O–H groups in total. The molecule has 1 aliphatic rings. The maximum absolute atomic E-state index is 13.2. The Morgan fingerprint density at radius 2 is 1.81 bits per heavy atom. The average molecular weight is 485 g/mol. The molecule has 0 radical (unpaired) electrons. The van der Waals surface area contributed by atoms with E-state index in [9.17, 15) is 4.79 Å². The Morgan fingerprint density at radius 1 is 1.06 bits per heavy atom. The minimum atomic E-state index is -0.00899. The molecule has 2 aromatic carbocycles.